The molecule has 3 aromatic rings. The molecule has 138 valence electrons. The van der Waals surface area contributed by atoms with Crippen molar-refractivity contribution in [2.45, 2.75) is 37.0 Å². The number of rotatable bonds is 7. The lowest BCUT2D eigenvalue weighted by molar-refractivity contribution is 0.0935. The maximum absolute atomic E-state index is 12.6. The molecule has 0 spiro atoms. The Morgan fingerprint density at radius 3 is 2.22 bits per heavy atom. The topological polar surface area (TPSA) is 29.1 Å². The molecule has 2 nitrogen and oxygen atoms in total. The molecule has 0 radical (unpaired) electrons. The van der Waals surface area contributed by atoms with Gasteiger partial charge in [0.15, 0.2) is 0 Å². The summed E-state index contributed by atoms with van der Waals surface area (Å²) >= 11 is 1.80. The number of nitrogens with one attached hydrogen (secondary N) is 1. The molecule has 0 aromatic heterocycles. The van der Waals surface area contributed by atoms with Crippen LogP contribution in [0, 0.1) is 6.92 Å². The smallest absolute Gasteiger partial charge is 0.251 e. The van der Waals surface area contributed by atoms with E-state index in [1.807, 2.05) is 42.5 Å². The minimum absolute atomic E-state index is 0.0234. The van der Waals surface area contributed by atoms with Crippen molar-refractivity contribution in [1.29, 1.82) is 0 Å². The average molecular weight is 376 g/mol. The highest BCUT2D eigenvalue weighted by atomic mass is 32.2. The normalized spacial score (nSPS) is 11.8. The van der Waals surface area contributed by atoms with Gasteiger partial charge < -0.3 is 5.32 Å². The fourth-order valence-electron chi connectivity index (χ4n) is 2.90. The minimum Gasteiger partial charge on any atom is -0.345 e. The summed E-state index contributed by atoms with van der Waals surface area (Å²) in [4.78, 5) is 13.9. The Labute approximate surface area is 166 Å². The van der Waals surface area contributed by atoms with E-state index in [4.69, 9.17) is 0 Å². The molecule has 1 atom stereocenters. The maximum Gasteiger partial charge on any atom is 0.251 e. The highest BCUT2D eigenvalue weighted by molar-refractivity contribution is 7.98. The standard InChI is InChI=1S/C24H25NOS/c1-3-23(20-13-9-18(2)10-14-20)25-24(26)21-15-11-19(12-16-21)17-27-22-7-5-4-6-8-22/h4-16,23H,3,17H2,1-2H3,(H,25,26)/t23-/m0/s1. The molecule has 0 unspecified atom stereocenters. The van der Waals surface area contributed by atoms with Gasteiger partial charge in [0.25, 0.3) is 5.91 Å². The van der Waals surface area contributed by atoms with Gasteiger partial charge in [0, 0.05) is 16.2 Å². The number of amides is 1. The van der Waals surface area contributed by atoms with Gasteiger partial charge in [0.05, 0.1) is 6.04 Å². The van der Waals surface area contributed by atoms with Gasteiger partial charge >= 0.3 is 0 Å². The first-order chi connectivity index (χ1) is 13.2. The van der Waals surface area contributed by atoms with Crippen LogP contribution in [-0.4, -0.2) is 5.91 Å². The van der Waals surface area contributed by atoms with Crippen LogP contribution >= 0.6 is 11.8 Å². The van der Waals surface area contributed by atoms with Crippen LogP contribution in [0.25, 0.3) is 0 Å². The summed E-state index contributed by atoms with van der Waals surface area (Å²) in [7, 11) is 0. The zero-order chi connectivity index (χ0) is 19.1. The Balaban J connectivity index is 1.60. The van der Waals surface area contributed by atoms with Gasteiger partial charge in [-0.25, -0.2) is 0 Å². The molecule has 0 fully saturated rings. The van der Waals surface area contributed by atoms with Crippen LogP contribution in [-0.2, 0) is 5.75 Å². The molecule has 3 rings (SSSR count). The predicted octanol–water partition coefficient (Wildman–Crippen LogP) is 6.17. The van der Waals surface area contributed by atoms with Crippen LogP contribution in [0.1, 0.15) is 46.4 Å². The van der Waals surface area contributed by atoms with Crippen LogP contribution < -0.4 is 5.32 Å². The van der Waals surface area contributed by atoms with Gasteiger partial charge in [-0.15, -0.1) is 11.8 Å². The molecule has 0 aliphatic heterocycles. The third-order valence-corrected chi connectivity index (χ3v) is 5.64. The monoisotopic (exact) mass is 375 g/mol. The van der Waals surface area contributed by atoms with Gasteiger partial charge in [-0.3, -0.25) is 4.79 Å². The molecule has 0 aliphatic carbocycles. The Kier molecular flexibility index (Phi) is 6.72. The molecule has 0 heterocycles. The van der Waals surface area contributed by atoms with E-state index in [1.54, 1.807) is 11.8 Å². The van der Waals surface area contributed by atoms with E-state index in [0.717, 1.165) is 17.7 Å². The summed E-state index contributed by atoms with van der Waals surface area (Å²) in [6.45, 7) is 4.16. The lowest BCUT2D eigenvalue weighted by atomic mass is 10.0. The van der Waals surface area contributed by atoms with E-state index in [0.29, 0.717) is 5.56 Å². The van der Waals surface area contributed by atoms with Crippen molar-refractivity contribution in [3.63, 3.8) is 0 Å². The van der Waals surface area contributed by atoms with Gasteiger partial charge in [-0.2, -0.15) is 0 Å². The second kappa shape index (κ2) is 9.43. The van der Waals surface area contributed by atoms with Crippen molar-refractivity contribution < 1.29 is 4.79 Å². The van der Waals surface area contributed by atoms with E-state index in [-0.39, 0.29) is 11.9 Å². The summed E-state index contributed by atoms with van der Waals surface area (Å²) in [6.07, 6.45) is 0.862. The molecule has 0 aliphatic rings. The number of hydrogen-bond donors (Lipinski definition) is 1. The Morgan fingerprint density at radius 2 is 1.59 bits per heavy atom. The third-order valence-electron chi connectivity index (χ3n) is 4.56. The number of hydrogen-bond acceptors (Lipinski definition) is 2. The van der Waals surface area contributed by atoms with E-state index >= 15 is 0 Å². The number of carbonyl (C=O) groups is 1. The summed E-state index contributed by atoms with van der Waals surface area (Å²) in [6, 6.07) is 26.6. The molecule has 27 heavy (non-hydrogen) atoms. The molecular weight excluding hydrogens is 350 g/mol. The largest absolute Gasteiger partial charge is 0.345 e. The van der Waals surface area contributed by atoms with E-state index in [2.05, 4.69) is 55.6 Å². The molecule has 3 heteroatoms. The third kappa shape index (κ3) is 5.48. The van der Waals surface area contributed by atoms with Gasteiger partial charge in [-0.1, -0.05) is 67.1 Å². The van der Waals surface area contributed by atoms with E-state index in [9.17, 15) is 4.79 Å². The molecule has 1 amide bonds. The summed E-state index contributed by atoms with van der Waals surface area (Å²) < 4.78 is 0. The van der Waals surface area contributed by atoms with Crippen molar-refractivity contribution in [3.05, 3.63) is 101 Å². The predicted molar refractivity (Wildman–Crippen MR) is 114 cm³/mol. The van der Waals surface area contributed by atoms with Crippen molar-refractivity contribution in [2.24, 2.45) is 0 Å². The van der Waals surface area contributed by atoms with Crippen molar-refractivity contribution in [3.8, 4) is 0 Å². The quantitative estimate of drug-likeness (QED) is 0.500. The van der Waals surface area contributed by atoms with Crippen LogP contribution in [0.4, 0.5) is 0 Å². The Morgan fingerprint density at radius 1 is 0.926 bits per heavy atom. The summed E-state index contributed by atoms with van der Waals surface area (Å²) in [5.74, 6) is 0.872. The molecule has 1 N–H and O–H groups in total. The highest BCUT2D eigenvalue weighted by Gasteiger charge is 2.14. The Bertz CT molecular complexity index is 857. The number of thioether (sulfide) groups is 1. The lowest BCUT2D eigenvalue weighted by Crippen LogP contribution is -2.28. The highest BCUT2D eigenvalue weighted by Crippen LogP contribution is 2.23. The number of benzene rings is 3. The van der Waals surface area contributed by atoms with Crippen LogP contribution in [0.2, 0.25) is 0 Å². The summed E-state index contributed by atoms with van der Waals surface area (Å²) in [5.41, 5.74) is 4.29. The fourth-order valence-corrected chi connectivity index (χ4v) is 3.77. The fraction of sp³-hybridized carbons (Fsp3) is 0.208. The van der Waals surface area contributed by atoms with E-state index in [1.165, 1.54) is 16.0 Å². The maximum atomic E-state index is 12.6. The van der Waals surface area contributed by atoms with Gasteiger partial charge in [0.1, 0.15) is 0 Å². The second-order valence-electron chi connectivity index (χ2n) is 6.64. The van der Waals surface area contributed by atoms with Gasteiger partial charge in [-0.05, 0) is 48.7 Å². The number of carbonyl (C=O) groups excluding carboxylic acids is 1. The minimum atomic E-state index is -0.0234. The van der Waals surface area contributed by atoms with Crippen LogP contribution in [0.3, 0.4) is 0 Å². The number of aryl methyl sites for hydroxylation is 1. The van der Waals surface area contributed by atoms with Crippen LogP contribution in [0.15, 0.2) is 83.8 Å². The molecular formula is C24H25NOS. The summed E-state index contributed by atoms with van der Waals surface area (Å²) in [5, 5.41) is 3.15. The molecule has 0 saturated carbocycles. The first kappa shape index (κ1) is 19.2. The van der Waals surface area contributed by atoms with Crippen LogP contribution in [0.5, 0.6) is 0 Å². The molecule has 0 bridgehead atoms. The molecule has 0 saturated heterocycles. The van der Waals surface area contributed by atoms with E-state index < -0.39 is 0 Å². The zero-order valence-electron chi connectivity index (χ0n) is 15.8. The first-order valence-corrected chi connectivity index (χ1v) is 10.3. The first-order valence-electron chi connectivity index (χ1n) is 9.30. The SMILES string of the molecule is CC[C@H](NC(=O)c1ccc(CSc2ccccc2)cc1)c1ccc(C)cc1. The lowest BCUT2D eigenvalue weighted by Gasteiger charge is -2.18. The van der Waals surface area contributed by atoms with Crippen molar-refractivity contribution >= 4 is 17.7 Å². The Hall–Kier alpha value is -2.52. The average Bonchev–Trinajstić information content (AvgIpc) is 2.72. The second-order valence-corrected chi connectivity index (χ2v) is 7.69. The van der Waals surface area contributed by atoms with Crippen molar-refractivity contribution in [1.82, 2.24) is 5.32 Å². The molecule has 3 aromatic carbocycles. The van der Waals surface area contributed by atoms with Crippen molar-refractivity contribution in [2.75, 3.05) is 0 Å². The zero-order valence-corrected chi connectivity index (χ0v) is 16.6. The van der Waals surface area contributed by atoms with Gasteiger partial charge in [0.2, 0.25) is 0 Å².